The van der Waals surface area contributed by atoms with Crippen molar-refractivity contribution in [1.29, 1.82) is 5.26 Å². The quantitative estimate of drug-likeness (QED) is 0.410. The second kappa shape index (κ2) is 9.37. The highest BCUT2D eigenvalue weighted by Gasteiger charge is 2.31. The summed E-state index contributed by atoms with van der Waals surface area (Å²) < 4.78 is 15.6. The van der Waals surface area contributed by atoms with Crippen LogP contribution in [0.1, 0.15) is 48.9 Å². The fourth-order valence-corrected chi connectivity index (χ4v) is 5.28. The van der Waals surface area contributed by atoms with E-state index in [-0.39, 0.29) is 6.10 Å². The van der Waals surface area contributed by atoms with E-state index in [4.69, 9.17) is 14.6 Å². The summed E-state index contributed by atoms with van der Waals surface area (Å²) in [5.41, 5.74) is 5.06. The molecule has 0 unspecified atom stereocenters. The average molecular weight is 484 g/mol. The van der Waals surface area contributed by atoms with E-state index in [1.54, 1.807) is 16.9 Å². The van der Waals surface area contributed by atoms with E-state index in [2.05, 4.69) is 32.7 Å². The number of ether oxygens (including phenoxy) is 2. The second-order valence-electron chi connectivity index (χ2n) is 9.62. The number of likely N-dealkylation sites (tertiary alicyclic amines) is 1. The van der Waals surface area contributed by atoms with E-state index in [1.165, 1.54) is 0 Å². The first-order valence-electron chi connectivity index (χ1n) is 12.5. The van der Waals surface area contributed by atoms with Crippen molar-refractivity contribution in [2.45, 2.75) is 44.9 Å². The van der Waals surface area contributed by atoms with Crippen molar-refractivity contribution in [3.63, 3.8) is 0 Å². The summed E-state index contributed by atoms with van der Waals surface area (Å²) in [5, 5.41) is 18.9. The van der Waals surface area contributed by atoms with Crippen molar-refractivity contribution < 1.29 is 9.47 Å². The molecule has 6 heterocycles. The molecule has 0 aliphatic carbocycles. The summed E-state index contributed by atoms with van der Waals surface area (Å²) in [5.74, 6) is 0.600. The lowest BCUT2D eigenvalue weighted by atomic mass is 10.0. The number of aromatic nitrogens is 5. The smallest absolute Gasteiger partial charge is 0.148 e. The number of piperidine rings is 1. The normalized spacial score (nSPS) is 18.1. The lowest BCUT2D eigenvalue weighted by Gasteiger charge is -2.41. The van der Waals surface area contributed by atoms with Gasteiger partial charge in [0.15, 0.2) is 0 Å². The molecule has 0 bridgehead atoms. The highest BCUT2D eigenvalue weighted by atomic mass is 16.5. The van der Waals surface area contributed by atoms with Gasteiger partial charge in [0, 0.05) is 42.3 Å². The van der Waals surface area contributed by atoms with E-state index in [0.29, 0.717) is 28.9 Å². The van der Waals surface area contributed by atoms with Crippen LogP contribution in [0.5, 0.6) is 5.75 Å². The van der Waals surface area contributed by atoms with Crippen molar-refractivity contribution in [3.8, 4) is 22.9 Å². The Morgan fingerprint density at radius 2 is 1.97 bits per heavy atom. The van der Waals surface area contributed by atoms with Gasteiger partial charge in [0.1, 0.15) is 29.0 Å². The van der Waals surface area contributed by atoms with Crippen LogP contribution in [0.2, 0.25) is 0 Å². The van der Waals surface area contributed by atoms with E-state index in [1.807, 2.05) is 43.6 Å². The average Bonchev–Trinajstić information content (AvgIpc) is 3.47. The molecule has 0 amide bonds. The topological polar surface area (TPSA) is 93.5 Å². The van der Waals surface area contributed by atoms with E-state index in [9.17, 15) is 5.26 Å². The van der Waals surface area contributed by atoms with Crippen LogP contribution in [-0.4, -0.2) is 61.6 Å². The number of hydrogen-bond acceptors (Lipinski definition) is 7. The first-order valence-corrected chi connectivity index (χ1v) is 12.5. The van der Waals surface area contributed by atoms with Gasteiger partial charge in [-0.1, -0.05) is 6.07 Å². The molecule has 0 saturated carbocycles. The Balaban J connectivity index is 1.31. The Morgan fingerprint density at radius 1 is 1.14 bits per heavy atom. The highest BCUT2D eigenvalue weighted by Crippen LogP contribution is 2.35. The molecule has 184 valence electrons. The van der Waals surface area contributed by atoms with Crippen molar-refractivity contribution in [2.24, 2.45) is 0 Å². The number of pyridine rings is 2. The van der Waals surface area contributed by atoms with Gasteiger partial charge in [-0.15, -0.1) is 0 Å². The predicted octanol–water partition coefficient (Wildman–Crippen LogP) is 3.95. The largest absolute Gasteiger partial charge is 0.482 e. The van der Waals surface area contributed by atoms with Gasteiger partial charge in [0.25, 0.3) is 0 Å². The summed E-state index contributed by atoms with van der Waals surface area (Å²) in [7, 11) is 0. The Labute approximate surface area is 209 Å². The SMILES string of the molecule is Cc1c(-c2cc(O[C@H](C)c3ccccn3)c3c(C#N)cnn3c2)cnn1C1CCN(C2COC2)CC1. The van der Waals surface area contributed by atoms with E-state index in [0.717, 1.165) is 61.7 Å². The van der Waals surface area contributed by atoms with Crippen molar-refractivity contribution >= 4 is 5.52 Å². The zero-order valence-electron chi connectivity index (χ0n) is 20.5. The summed E-state index contributed by atoms with van der Waals surface area (Å²) in [4.78, 5) is 6.97. The molecule has 0 radical (unpaired) electrons. The summed E-state index contributed by atoms with van der Waals surface area (Å²) in [6.45, 7) is 7.96. The third kappa shape index (κ3) is 4.02. The minimum absolute atomic E-state index is 0.290. The molecule has 2 aliphatic rings. The first-order chi connectivity index (χ1) is 17.6. The van der Waals surface area contributed by atoms with Crippen LogP contribution in [0.15, 0.2) is 49.1 Å². The van der Waals surface area contributed by atoms with Gasteiger partial charge in [0.05, 0.1) is 43.4 Å². The van der Waals surface area contributed by atoms with Gasteiger partial charge in [-0.05, 0) is 44.9 Å². The maximum Gasteiger partial charge on any atom is 0.148 e. The molecular weight excluding hydrogens is 454 g/mol. The zero-order valence-corrected chi connectivity index (χ0v) is 20.5. The maximum absolute atomic E-state index is 9.66. The fourth-order valence-electron chi connectivity index (χ4n) is 5.28. The number of fused-ring (bicyclic) bond motifs is 1. The Bertz CT molecular complexity index is 1410. The van der Waals surface area contributed by atoms with Gasteiger partial charge >= 0.3 is 0 Å². The molecule has 2 aliphatic heterocycles. The van der Waals surface area contributed by atoms with Gasteiger partial charge in [0.2, 0.25) is 0 Å². The monoisotopic (exact) mass is 483 g/mol. The molecule has 2 saturated heterocycles. The molecule has 0 spiro atoms. The third-order valence-electron chi connectivity index (χ3n) is 7.44. The Morgan fingerprint density at radius 3 is 2.67 bits per heavy atom. The Kier molecular flexibility index (Phi) is 5.91. The molecule has 0 N–H and O–H groups in total. The van der Waals surface area contributed by atoms with Gasteiger partial charge < -0.3 is 9.47 Å². The highest BCUT2D eigenvalue weighted by molar-refractivity contribution is 5.76. The van der Waals surface area contributed by atoms with Crippen molar-refractivity contribution in [3.05, 3.63) is 66.0 Å². The third-order valence-corrected chi connectivity index (χ3v) is 7.44. The summed E-state index contributed by atoms with van der Waals surface area (Å²) in [6.07, 6.45) is 9.08. The minimum atomic E-state index is -0.290. The first kappa shape index (κ1) is 22.7. The van der Waals surface area contributed by atoms with Crippen molar-refractivity contribution in [2.75, 3.05) is 26.3 Å². The molecular formula is C27H29N7O2. The molecule has 6 rings (SSSR count). The van der Waals surface area contributed by atoms with Crippen LogP contribution in [-0.2, 0) is 4.74 Å². The lowest BCUT2D eigenvalue weighted by molar-refractivity contribution is -0.0735. The van der Waals surface area contributed by atoms with Crippen molar-refractivity contribution in [1.82, 2.24) is 29.3 Å². The number of rotatable bonds is 6. The van der Waals surface area contributed by atoms with Crippen LogP contribution < -0.4 is 4.74 Å². The molecule has 9 heteroatoms. The van der Waals surface area contributed by atoms with Crippen LogP contribution in [0.3, 0.4) is 0 Å². The minimum Gasteiger partial charge on any atom is -0.482 e. The molecule has 1 atom stereocenters. The number of nitriles is 1. The number of nitrogens with zero attached hydrogens (tertiary/aromatic N) is 7. The Hall–Kier alpha value is -3.74. The molecule has 4 aromatic rings. The summed E-state index contributed by atoms with van der Waals surface area (Å²) in [6, 6.07) is 11.0. The predicted molar refractivity (Wildman–Crippen MR) is 134 cm³/mol. The van der Waals surface area contributed by atoms with Gasteiger partial charge in [-0.3, -0.25) is 14.6 Å². The molecule has 36 heavy (non-hydrogen) atoms. The van der Waals surface area contributed by atoms with E-state index >= 15 is 0 Å². The molecule has 9 nitrogen and oxygen atoms in total. The standard InChI is InChI=1S/C27H29N7O2/c1-18-24(14-31-34(18)22-6-9-32(10-7-22)23-16-35-17-23)20-11-26(27-21(12-28)13-30-33(27)15-20)36-19(2)25-5-3-4-8-29-25/h3-5,8,11,13-15,19,22-23H,6-7,9-10,16-17H2,1-2H3/t19-/m1/s1. The van der Waals surface area contributed by atoms with Crippen LogP contribution >= 0.6 is 0 Å². The molecule has 4 aromatic heterocycles. The fraction of sp³-hybridized carbons (Fsp3) is 0.407. The van der Waals surface area contributed by atoms with Crippen LogP contribution in [0.25, 0.3) is 16.6 Å². The lowest BCUT2D eigenvalue weighted by Crippen LogP contribution is -2.52. The molecule has 2 fully saturated rings. The number of hydrogen-bond donors (Lipinski definition) is 0. The summed E-state index contributed by atoms with van der Waals surface area (Å²) >= 11 is 0. The van der Waals surface area contributed by atoms with Gasteiger partial charge in [-0.2, -0.15) is 15.5 Å². The second-order valence-corrected chi connectivity index (χ2v) is 9.62. The van der Waals surface area contributed by atoms with Crippen LogP contribution in [0, 0.1) is 18.3 Å². The molecule has 0 aromatic carbocycles. The zero-order chi connectivity index (χ0) is 24.6. The van der Waals surface area contributed by atoms with E-state index < -0.39 is 0 Å². The van der Waals surface area contributed by atoms with Crippen LogP contribution in [0.4, 0.5) is 0 Å². The maximum atomic E-state index is 9.66. The van der Waals surface area contributed by atoms with Gasteiger partial charge in [-0.25, -0.2) is 4.52 Å².